The highest BCUT2D eigenvalue weighted by atomic mass is 32.1. The topological polar surface area (TPSA) is 79.6 Å². The Kier molecular flexibility index (Phi) is 8.28. The van der Waals surface area contributed by atoms with Gasteiger partial charge in [0.05, 0.1) is 11.9 Å². The zero-order valence-corrected chi connectivity index (χ0v) is 21.8. The van der Waals surface area contributed by atoms with Crippen LogP contribution in [0.5, 0.6) is 5.75 Å². The monoisotopic (exact) mass is 575 g/mol. The van der Waals surface area contributed by atoms with Crippen LogP contribution in [0, 0.1) is 0 Å². The molecular weight excluding hydrogens is 553 g/mol. The smallest absolute Gasteiger partial charge is 0.426 e. The lowest BCUT2D eigenvalue weighted by molar-refractivity contribution is -0.360. The summed E-state index contributed by atoms with van der Waals surface area (Å²) in [5.74, 6) is -0.274. The van der Waals surface area contributed by atoms with Gasteiger partial charge in [-0.15, -0.1) is 5.10 Å². The summed E-state index contributed by atoms with van der Waals surface area (Å²) in [4.78, 5) is 6.22. The normalized spacial score (nSPS) is 11.9. The van der Waals surface area contributed by atoms with E-state index >= 15 is 0 Å². The van der Waals surface area contributed by atoms with Crippen molar-refractivity contribution in [2.75, 3.05) is 24.3 Å². The van der Waals surface area contributed by atoms with Crippen LogP contribution in [0.2, 0.25) is 0 Å². The Hall–Kier alpha value is -4.59. The van der Waals surface area contributed by atoms with Gasteiger partial charge in [0, 0.05) is 31.0 Å². The van der Waals surface area contributed by atoms with Crippen molar-refractivity contribution in [3.05, 3.63) is 84.7 Å². The van der Waals surface area contributed by atoms with E-state index in [-0.39, 0.29) is 0 Å². The quantitative estimate of drug-likeness (QED) is 0.118. The molecule has 4 aromatic rings. The molecule has 14 heteroatoms. The minimum absolute atomic E-state index is 0.328. The van der Waals surface area contributed by atoms with Gasteiger partial charge in [-0.05, 0) is 66.3 Å². The summed E-state index contributed by atoms with van der Waals surface area (Å²) in [6, 6.07) is 19.4. The molecule has 0 fully saturated rings. The first-order valence-electron chi connectivity index (χ1n) is 11.5. The average molecular weight is 576 g/mol. The second-order valence-corrected chi connectivity index (χ2v) is 8.92. The fraction of sp³-hybridized carbons (Fsp3) is 0.154. The predicted molar refractivity (Wildman–Crippen MR) is 146 cm³/mol. The molecule has 0 atom stereocenters. The van der Waals surface area contributed by atoms with Crippen molar-refractivity contribution in [3.63, 3.8) is 0 Å². The number of hydrogen-bond donors (Lipinski definition) is 2. The van der Waals surface area contributed by atoms with Crippen molar-refractivity contribution in [1.29, 1.82) is 0 Å². The summed E-state index contributed by atoms with van der Waals surface area (Å²) in [5, 5.41) is 11.8. The van der Waals surface area contributed by atoms with Gasteiger partial charge < -0.3 is 15.0 Å². The predicted octanol–water partition coefficient (Wildman–Crippen LogP) is 5.85. The Morgan fingerprint density at radius 2 is 1.60 bits per heavy atom. The van der Waals surface area contributed by atoms with E-state index in [0.29, 0.717) is 22.2 Å². The number of ether oxygens (including phenoxy) is 1. The standard InChI is InChI=1S/C26H22F5N7OS/c1-37(2)20-9-7-19(8-10-20)34-24(40)35-33-15-17-3-5-18(6-4-17)23-32-16-38(36-23)21-11-13-22(14-12-21)39-26(30,31)25(27,28)29/h3-16H,1-2H3,(H2,34,35,40). The minimum Gasteiger partial charge on any atom is -0.426 e. The zero-order chi connectivity index (χ0) is 28.9. The average Bonchev–Trinajstić information content (AvgIpc) is 3.39. The van der Waals surface area contributed by atoms with Crippen molar-refractivity contribution in [2.45, 2.75) is 12.3 Å². The van der Waals surface area contributed by atoms with Gasteiger partial charge in [0.2, 0.25) is 0 Å². The maximum Gasteiger partial charge on any atom is 0.499 e. The molecule has 0 amide bonds. The van der Waals surface area contributed by atoms with Gasteiger partial charge in [0.15, 0.2) is 10.9 Å². The number of rotatable bonds is 8. The van der Waals surface area contributed by atoms with Gasteiger partial charge in [0.25, 0.3) is 0 Å². The van der Waals surface area contributed by atoms with Gasteiger partial charge in [-0.3, -0.25) is 5.43 Å². The molecule has 0 spiro atoms. The molecule has 0 saturated carbocycles. The number of thiocarbonyl (C=S) groups is 1. The highest BCUT2D eigenvalue weighted by Gasteiger charge is 2.61. The maximum atomic E-state index is 13.1. The molecule has 3 aromatic carbocycles. The molecule has 0 aliphatic heterocycles. The molecule has 1 heterocycles. The zero-order valence-electron chi connectivity index (χ0n) is 21.0. The number of halogens is 5. The van der Waals surface area contributed by atoms with Gasteiger partial charge >= 0.3 is 12.3 Å². The number of nitrogens with one attached hydrogen (secondary N) is 2. The molecule has 0 unspecified atom stereocenters. The number of aromatic nitrogens is 3. The molecule has 4 rings (SSSR count). The van der Waals surface area contributed by atoms with E-state index in [1.165, 1.54) is 23.1 Å². The van der Waals surface area contributed by atoms with Crippen molar-refractivity contribution >= 4 is 34.9 Å². The molecular formula is C26H22F5N7OS. The Bertz CT molecular complexity index is 1470. The van der Waals surface area contributed by atoms with E-state index in [9.17, 15) is 22.0 Å². The van der Waals surface area contributed by atoms with Crippen LogP contribution in [0.15, 0.2) is 84.2 Å². The molecule has 208 valence electrons. The third-order valence-corrected chi connectivity index (χ3v) is 5.55. The van der Waals surface area contributed by atoms with Crippen molar-refractivity contribution in [3.8, 4) is 22.8 Å². The van der Waals surface area contributed by atoms with Gasteiger partial charge in [-0.25, -0.2) is 9.67 Å². The summed E-state index contributed by atoms with van der Waals surface area (Å²) in [7, 11) is 3.92. The van der Waals surface area contributed by atoms with Crippen LogP contribution in [-0.4, -0.2) is 52.5 Å². The van der Waals surface area contributed by atoms with E-state index in [4.69, 9.17) is 12.2 Å². The molecule has 0 aliphatic carbocycles. The Balaban J connectivity index is 1.32. The van der Waals surface area contributed by atoms with Gasteiger partial charge in [-0.1, -0.05) is 24.3 Å². The number of anilines is 2. The van der Waals surface area contributed by atoms with Crippen LogP contribution in [0.25, 0.3) is 17.1 Å². The van der Waals surface area contributed by atoms with E-state index in [0.717, 1.165) is 29.1 Å². The second-order valence-electron chi connectivity index (χ2n) is 8.51. The molecule has 8 nitrogen and oxygen atoms in total. The Morgan fingerprint density at radius 3 is 2.20 bits per heavy atom. The van der Waals surface area contributed by atoms with Gasteiger partial charge in [0.1, 0.15) is 12.1 Å². The van der Waals surface area contributed by atoms with E-state index in [2.05, 4.69) is 30.7 Å². The van der Waals surface area contributed by atoms with E-state index < -0.39 is 18.0 Å². The molecule has 0 bridgehead atoms. The van der Waals surface area contributed by atoms with Crippen LogP contribution in [0.4, 0.5) is 33.3 Å². The molecule has 40 heavy (non-hydrogen) atoms. The lowest BCUT2D eigenvalue weighted by atomic mass is 10.1. The largest absolute Gasteiger partial charge is 0.499 e. The van der Waals surface area contributed by atoms with Crippen LogP contribution >= 0.6 is 12.2 Å². The van der Waals surface area contributed by atoms with E-state index in [1.54, 1.807) is 30.5 Å². The highest BCUT2D eigenvalue weighted by Crippen LogP contribution is 2.37. The highest BCUT2D eigenvalue weighted by molar-refractivity contribution is 7.80. The van der Waals surface area contributed by atoms with E-state index in [1.807, 2.05) is 43.3 Å². The number of alkyl halides is 5. The first-order valence-corrected chi connectivity index (χ1v) is 12.0. The molecule has 2 N–H and O–H groups in total. The minimum atomic E-state index is -5.83. The van der Waals surface area contributed by atoms with Gasteiger partial charge in [-0.2, -0.15) is 27.1 Å². The van der Waals surface area contributed by atoms with Crippen molar-refractivity contribution in [2.24, 2.45) is 5.10 Å². The van der Waals surface area contributed by atoms with Crippen molar-refractivity contribution in [1.82, 2.24) is 20.2 Å². The van der Waals surface area contributed by atoms with Crippen LogP contribution in [0.3, 0.4) is 0 Å². The molecule has 1 aromatic heterocycles. The first-order chi connectivity index (χ1) is 18.9. The molecule has 0 aliphatic rings. The summed E-state index contributed by atoms with van der Waals surface area (Å²) >= 11 is 5.26. The molecule has 0 saturated heterocycles. The number of nitrogens with zero attached hydrogens (tertiary/aromatic N) is 5. The number of hydrazone groups is 1. The fourth-order valence-corrected chi connectivity index (χ4v) is 3.45. The Labute approximate surface area is 231 Å². The summed E-state index contributed by atoms with van der Waals surface area (Å²) in [6.07, 6.45) is -8.15. The van der Waals surface area contributed by atoms with Crippen LogP contribution < -0.4 is 20.4 Å². The van der Waals surface area contributed by atoms with Crippen LogP contribution in [0.1, 0.15) is 5.56 Å². The fourth-order valence-electron chi connectivity index (χ4n) is 3.28. The Morgan fingerprint density at radius 1 is 0.950 bits per heavy atom. The summed E-state index contributed by atoms with van der Waals surface area (Å²) < 4.78 is 68.3. The van der Waals surface area contributed by atoms with Crippen LogP contribution in [-0.2, 0) is 0 Å². The second kappa shape index (κ2) is 11.7. The maximum absolute atomic E-state index is 13.1. The first kappa shape index (κ1) is 28.4. The number of benzene rings is 3. The SMILES string of the molecule is CN(C)c1ccc(NC(=S)NN=Cc2ccc(-c3ncn(-c4ccc(OC(F)(F)C(F)(F)F)cc4)n3)cc2)cc1. The third kappa shape index (κ3) is 7.08. The van der Waals surface area contributed by atoms with Crippen molar-refractivity contribution < 1.29 is 26.7 Å². The third-order valence-electron chi connectivity index (χ3n) is 5.36. The lowest BCUT2D eigenvalue weighted by Gasteiger charge is -2.20. The summed E-state index contributed by atoms with van der Waals surface area (Å²) in [5.41, 5.74) is 6.49. The number of hydrogen-bond acceptors (Lipinski definition) is 6. The lowest BCUT2D eigenvalue weighted by Crippen LogP contribution is -2.41. The molecule has 0 radical (unpaired) electrons. The summed E-state index contributed by atoms with van der Waals surface area (Å²) in [6.45, 7) is 0.